The van der Waals surface area contributed by atoms with E-state index in [1.807, 2.05) is 6.92 Å². The van der Waals surface area contributed by atoms with Crippen molar-refractivity contribution in [3.63, 3.8) is 0 Å². The van der Waals surface area contributed by atoms with E-state index in [2.05, 4.69) is 73.7 Å². The highest BCUT2D eigenvalue weighted by Gasteiger charge is 2.23. The Hall–Kier alpha value is -2.72. The second-order valence-electron chi connectivity index (χ2n) is 6.31. The number of anilines is 1. The summed E-state index contributed by atoms with van der Waals surface area (Å²) in [5.41, 5.74) is 9.71. The lowest BCUT2D eigenvalue weighted by Gasteiger charge is -2.18. The summed E-state index contributed by atoms with van der Waals surface area (Å²) >= 11 is 0. The van der Waals surface area contributed by atoms with E-state index in [0.29, 0.717) is 0 Å². The van der Waals surface area contributed by atoms with Gasteiger partial charge in [-0.1, -0.05) is 55.9 Å². The molecule has 120 valence electrons. The van der Waals surface area contributed by atoms with Crippen LogP contribution in [0.2, 0.25) is 0 Å². The Kier molecular flexibility index (Phi) is 4.58. The van der Waals surface area contributed by atoms with Crippen molar-refractivity contribution >= 4 is 11.3 Å². The van der Waals surface area contributed by atoms with Gasteiger partial charge in [0.05, 0.1) is 5.70 Å². The normalized spacial score (nSPS) is 16.0. The molecule has 0 aromatic heterocycles. The largest absolute Gasteiger partial charge is 0.349 e. The number of hydrogen-bond donors (Lipinski definition) is 1. The minimum absolute atomic E-state index is 0.735. The molecule has 0 unspecified atom stereocenters. The van der Waals surface area contributed by atoms with Crippen LogP contribution in [0, 0.1) is 11.8 Å². The van der Waals surface area contributed by atoms with Gasteiger partial charge < -0.3 is 5.32 Å². The highest BCUT2D eigenvalue weighted by molar-refractivity contribution is 5.87. The van der Waals surface area contributed by atoms with Crippen molar-refractivity contribution < 1.29 is 0 Å². The number of hydrogen-bond acceptors (Lipinski definition) is 1. The maximum Gasteiger partial charge on any atom is 0.0824 e. The van der Waals surface area contributed by atoms with Gasteiger partial charge in [0.2, 0.25) is 0 Å². The molecule has 0 bridgehead atoms. The van der Waals surface area contributed by atoms with Gasteiger partial charge in [-0.3, -0.25) is 0 Å². The molecule has 3 rings (SSSR count). The molecule has 24 heavy (non-hydrogen) atoms. The molecule has 0 saturated carbocycles. The molecule has 0 heterocycles. The molecule has 1 nitrogen and oxygen atoms in total. The van der Waals surface area contributed by atoms with Crippen molar-refractivity contribution in [2.75, 3.05) is 5.32 Å². The monoisotopic (exact) mass is 313 g/mol. The molecule has 0 aliphatic heterocycles. The average Bonchev–Trinajstić information content (AvgIpc) is 2.97. The Balaban J connectivity index is 1.85. The Morgan fingerprint density at radius 2 is 2.12 bits per heavy atom. The predicted octanol–water partition coefficient (Wildman–Crippen LogP) is 6.02. The lowest BCUT2D eigenvalue weighted by Crippen LogP contribution is -2.00. The van der Waals surface area contributed by atoms with E-state index in [-0.39, 0.29) is 0 Å². The summed E-state index contributed by atoms with van der Waals surface area (Å²) in [6.07, 6.45) is 7.38. The van der Waals surface area contributed by atoms with Crippen LogP contribution in [0.25, 0.3) is 5.57 Å². The van der Waals surface area contributed by atoms with Gasteiger partial charge >= 0.3 is 0 Å². The number of nitrogens with one attached hydrogen (secondary N) is 1. The first kappa shape index (κ1) is 16.1. The Morgan fingerprint density at radius 3 is 2.92 bits per heavy atom. The molecule has 0 amide bonds. The van der Waals surface area contributed by atoms with Crippen LogP contribution in [0.4, 0.5) is 5.69 Å². The maximum absolute atomic E-state index is 4.21. The predicted molar refractivity (Wildman–Crippen MR) is 104 cm³/mol. The molecule has 1 aromatic rings. The summed E-state index contributed by atoms with van der Waals surface area (Å²) in [4.78, 5) is 0. The SMILES string of the molecule is C=C(C#CCC)Nc1cccc(C2=CCC3=C2CC(C)=CC3=C)c1. The van der Waals surface area contributed by atoms with Gasteiger partial charge in [-0.15, -0.1) is 0 Å². The lowest BCUT2D eigenvalue weighted by molar-refractivity contribution is 1.08. The van der Waals surface area contributed by atoms with Crippen molar-refractivity contribution in [1.82, 2.24) is 0 Å². The van der Waals surface area contributed by atoms with Gasteiger partial charge in [0, 0.05) is 12.1 Å². The molecule has 0 spiro atoms. The molecule has 1 heteroatoms. The van der Waals surface area contributed by atoms with E-state index in [4.69, 9.17) is 0 Å². The summed E-state index contributed by atoms with van der Waals surface area (Å²) in [7, 11) is 0. The summed E-state index contributed by atoms with van der Waals surface area (Å²) < 4.78 is 0. The highest BCUT2D eigenvalue weighted by Crippen LogP contribution is 2.43. The van der Waals surface area contributed by atoms with Gasteiger partial charge in [-0.25, -0.2) is 0 Å². The first-order valence-electron chi connectivity index (χ1n) is 8.42. The van der Waals surface area contributed by atoms with E-state index in [1.165, 1.54) is 27.9 Å². The van der Waals surface area contributed by atoms with E-state index in [9.17, 15) is 0 Å². The van der Waals surface area contributed by atoms with Crippen LogP contribution < -0.4 is 5.32 Å². The van der Waals surface area contributed by atoms with E-state index >= 15 is 0 Å². The number of allylic oxidation sites excluding steroid dienone is 8. The molecular formula is C23H23N. The molecule has 0 fully saturated rings. The van der Waals surface area contributed by atoms with Crippen molar-refractivity contribution in [2.24, 2.45) is 0 Å². The van der Waals surface area contributed by atoms with Crippen LogP contribution in [0.3, 0.4) is 0 Å². The molecule has 0 saturated heterocycles. The van der Waals surface area contributed by atoms with Crippen LogP contribution in [-0.2, 0) is 0 Å². The van der Waals surface area contributed by atoms with Crippen LogP contribution in [0.15, 0.2) is 77.6 Å². The summed E-state index contributed by atoms with van der Waals surface area (Å²) in [5, 5.41) is 3.29. The average molecular weight is 313 g/mol. The van der Waals surface area contributed by atoms with Crippen LogP contribution in [0.1, 0.15) is 38.7 Å². The van der Waals surface area contributed by atoms with Gasteiger partial charge in [0.25, 0.3) is 0 Å². The minimum atomic E-state index is 0.735. The number of rotatable bonds is 3. The summed E-state index contributed by atoms with van der Waals surface area (Å²) in [6.45, 7) is 12.4. The van der Waals surface area contributed by atoms with E-state index < -0.39 is 0 Å². The van der Waals surface area contributed by atoms with Gasteiger partial charge in [-0.2, -0.15) is 0 Å². The molecule has 0 radical (unpaired) electrons. The van der Waals surface area contributed by atoms with Gasteiger partial charge in [0.1, 0.15) is 0 Å². The van der Waals surface area contributed by atoms with Crippen LogP contribution in [-0.4, -0.2) is 0 Å². The van der Waals surface area contributed by atoms with Crippen molar-refractivity contribution in [3.05, 3.63) is 83.1 Å². The zero-order chi connectivity index (χ0) is 17.1. The molecular weight excluding hydrogens is 290 g/mol. The van der Waals surface area contributed by atoms with Crippen molar-refractivity contribution in [1.29, 1.82) is 0 Å². The standard InChI is InChI=1S/C23H23N/c1-5-6-8-18(4)24-20-10-7-9-19(15-20)22-12-11-21-17(3)13-16(2)14-23(21)22/h7,9-10,12-13,15,24H,3-5,11,14H2,1-2H3. The van der Waals surface area contributed by atoms with E-state index in [1.54, 1.807) is 0 Å². The Labute approximate surface area is 145 Å². The van der Waals surface area contributed by atoms with Crippen LogP contribution in [0.5, 0.6) is 0 Å². The second kappa shape index (κ2) is 6.81. The lowest BCUT2D eigenvalue weighted by atomic mass is 9.86. The third kappa shape index (κ3) is 3.29. The third-order valence-corrected chi connectivity index (χ3v) is 4.35. The second-order valence-corrected chi connectivity index (χ2v) is 6.31. The summed E-state index contributed by atoms with van der Waals surface area (Å²) in [6, 6.07) is 8.48. The molecule has 2 aliphatic rings. The molecule has 1 N–H and O–H groups in total. The molecule has 1 aromatic carbocycles. The molecule has 0 atom stereocenters. The Bertz CT molecular complexity index is 863. The first-order chi connectivity index (χ1) is 11.6. The van der Waals surface area contributed by atoms with Crippen LogP contribution >= 0.6 is 0 Å². The molecule has 2 aliphatic carbocycles. The quantitative estimate of drug-likeness (QED) is 0.673. The minimum Gasteiger partial charge on any atom is -0.349 e. The zero-order valence-corrected chi connectivity index (χ0v) is 14.5. The smallest absolute Gasteiger partial charge is 0.0824 e. The maximum atomic E-state index is 4.21. The van der Waals surface area contributed by atoms with E-state index in [0.717, 1.165) is 36.2 Å². The van der Waals surface area contributed by atoms with Crippen molar-refractivity contribution in [2.45, 2.75) is 33.1 Å². The summed E-state index contributed by atoms with van der Waals surface area (Å²) in [5.74, 6) is 6.07. The third-order valence-electron chi connectivity index (χ3n) is 4.35. The fraction of sp³-hybridized carbons (Fsp3) is 0.217. The Morgan fingerprint density at radius 1 is 1.29 bits per heavy atom. The highest BCUT2D eigenvalue weighted by atomic mass is 14.9. The zero-order valence-electron chi connectivity index (χ0n) is 14.5. The topological polar surface area (TPSA) is 12.0 Å². The number of benzene rings is 1. The van der Waals surface area contributed by atoms with Gasteiger partial charge in [-0.05, 0) is 65.7 Å². The van der Waals surface area contributed by atoms with Crippen molar-refractivity contribution in [3.8, 4) is 11.8 Å². The fourth-order valence-electron chi connectivity index (χ4n) is 3.31. The first-order valence-corrected chi connectivity index (χ1v) is 8.42. The van der Waals surface area contributed by atoms with Gasteiger partial charge in [0.15, 0.2) is 0 Å². The fourth-order valence-corrected chi connectivity index (χ4v) is 3.31.